The fourth-order valence-corrected chi connectivity index (χ4v) is 2.39. The SMILES string of the molecule is CC(C)c1cc(N2C[C@@H](CO)[C@H](CO)C2)ncn1. The van der Waals surface area contributed by atoms with Crippen molar-refractivity contribution in [3.63, 3.8) is 0 Å². The summed E-state index contributed by atoms with van der Waals surface area (Å²) in [4.78, 5) is 10.7. The molecule has 1 aromatic rings. The summed E-state index contributed by atoms with van der Waals surface area (Å²) in [6.07, 6.45) is 1.59. The molecule has 2 heterocycles. The Hall–Kier alpha value is -1.20. The first-order chi connectivity index (χ1) is 8.65. The topological polar surface area (TPSA) is 69.5 Å². The average Bonchev–Trinajstić information content (AvgIpc) is 2.82. The molecule has 5 nitrogen and oxygen atoms in total. The zero-order valence-electron chi connectivity index (χ0n) is 11.0. The largest absolute Gasteiger partial charge is 0.396 e. The molecule has 5 heteroatoms. The highest BCUT2D eigenvalue weighted by atomic mass is 16.3. The third-order valence-corrected chi connectivity index (χ3v) is 3.63. The molecule has 0 aliphatic carbocycles. The molecule has 1 aliphatic rings. The fourth-order valence-electron chi connectivity index (χ4n) is 2.39. The first-order valence-electron chi connectivity index (χ1n) is 6.44. The predicted octanol–water partition coefficient (Wildman–Crippen LogP) is 0.637. The van der Waals surface area contributed by atoms with Crippen molar-refractivity contribution >= 4 is 5.82 Å². The molecule has 1 aliphatic heterocycles. The Morgan fingerprint density at radius 3 is 2.33 bits per heavy atom. The van der Waals surface area contributed by atoms with Crippen LogP contribution in [-0.4, -0.2) is 46.5 Å². The third kappa shape index (κ3) is 2.62. The second-order valence-electron chi connectivity index (χ2n) is 5.25. The Bertz CT molecular complexity index is 386. The van der Waals surface area contributed by atoms with Crippen LogP contribution in [0.1, 0.15) is 25.5 Å². The number of hydrogen-bond acceptors (Lipinski definition) is 5. The summed E-state index contributed by atoms with van der Waals surface area (Å²) in [6.45, 7) is 5.92. The molecule has 2 rings (SSSR count). The van der Waals surface area contributed by atoms with Crippen LogP contribution in [0.5, 0.6) is 0 Å². The van der Waals surface area contributed by atoms with Crippen LogP contribution in [0.4, 0.5) is 5.82 Å². The van der Waals surface area contributed by atoms with Gasteiger partial charge in [-0.2, -0.15) is 0 Å². The van der Waals surface area contributed by atoms with Gasteiger partial charge in [0.1, 0.15) is 12.1 Å². The molecule has 18 heavy (non-hydrogen) atoms. The zero-order chi connectivity index (χ0) is 13.1. The van der Waals surface area contributed by atoms with Crippen LogP contribution in [0.25, 0.3) is 0 Å². The van der Waals surface area contributed by atoms with E-state index in [9.17, 15) is 10.2 Å². The standard InChI is InChI=1S/C13H21N3O2/c1-9(2)12-3-13(15-8-14-12)16-4-10(6-17)11(5-16)7-18/h3,8-11,17-18H,4-7H2,1-2H3/t10-,11-/m0/s1. The zero-order valence-corrected chi connectivity index (χ0v) is 11.0. The third-order valence-electron chi connectivity index (χ3n) is 3.63. The highest BCUT2D eigenvalue weighted by molar-refractivity contribution is 5.41. The van der Waals surface area contributed by atoms with Crippen LogP contribution in [0.2, 0.25) is 0 Å². The normalized spacial score (nSPS) is 23.9. The molecule has 0 bridgehead atoms. The van der Waals surface area contributed by atoms with Crippen molar-refractivity contribution in [3.05, 3.63) is 18.1 Å². The first-order valence-corrected chi connectivity index (χ1v) is 6.44. The lowest BCUT2D eigenvalue weighted by molar-refractivity contribution is 0.152. The van der Waals surface area contributed by atoms with Crippen LogP contribution in [0.3, 0.4) is 0 Å². The van der Waals surface area contributed by atoms with Crippen molar-refractivity contribution in [1.82, 2.24) is 9.97 Å². The molecule has 1 fully saturated rings. The Morgan fingerprint density at radius 2 is 1.83 bits per heavy atom. The predicted molar refractivity (Wildman–Crippen MR) is 69.5 cm³/mol. The minimum atomic E-state index is 0.115. The maximum absolute atomic E-state index is 9.30. The Morgan fingerprint density at radius 1 is 1.22 bits per heavy atom. The molecule has 1 aromatic heterocycles. The van der Waals surface area contributed by atoms with Crippen molar-refractivity contribution in [2.75, 3.05) is 31.2 Å². The van der Waals surface area contributed by atoms with Gasteiger partial charge >= 0.3 is 0 Å². The average molecular weight is 251 g/mol. The lowest BCUT2D eigenvalue weighted by Gasteiger charge is -2.18. The molecule has 0 amide bonds. The smallest absolute Gasteiger partial charge is 0.132 e. The van der Waals surface area contributed by atoms with Gasteiger partial charge in [-0.3, -0.25) is 0 Å². The molecule has 0 unspecified atom stereocenters. The summed E-state index contributed by atoms with van der Waals surface area (Å²) in [7, 11) is 0. The van der Waals surface area contributed by atoms with Crippen molar-refractivity contribution < 1.29 is 10.2 Å². The molecule has 0 saturated carbocycles. The first kappa shape index (κ1) is 13.2. The molecule has 2 atom stereocenters. The van der Waals surface area contributed by atoms with Crippen LogP contribution in [-0.2, 0) is 0 Å². The lowest BCUT2D eigenvalue weighted by atomic mass is 9.98. The second kappa shape index (κ2) is 5.63. The maximum Gasteiger partial charge on any atom is 0.132 e. The van der Waals surface area contributed by atoms with E-state index in [1.54, 1.807) is 6.33 Å². The minimum absolute atomic E-state index is 0.115. The van der Waals surface area contributed by atoms with E-state index in [2.05, 4.69) is 28.7 Å². The fraction of sp³-hybridized carbons (Fsp3) is 0.692. The monoisotopic (exact) mass is 251 g/mol. The summed E-state index contributed by atoms with van der Waals surface area (Å²) in [6, 6.07) is 2.00. The number of rotatable bonds is 4. The van der Waals surface area contributed by atoms with Crippen LogP contribution in [0.15, 0.2) is 12.4 Å². The summed E-state index contributed by atoms with van der Waals surface area (Å²) in [5, 5.41) is 18.6. The number of aliphatic hydroxyl groups is 2. The quantitative estimate of drug-likeness (QED) is 0.821. The van der Waals surface area contributed by atoms with Gasteiger partial charge in [0.25, 0.3) is 0 Å². The molecular weight excluding hydrogens is 230 g/mol. The summed E-state index contributed by atoms with van der Waals surface area (Å²) in [5.41, 5.74) is 1.02. The lowest BCUT2D eigenvalue weighted by Crippen LogP contribution is -2.22. The molecule has 0 aromatic carbocycles. The maximum atomic E-state index is 9.30. The van der Waals surface area contributed by atoms with Gasteiger partial charge in [0.2, 0.25) is 0 Å². The van der Waals surface area contributed by atoms with Crippen molar-refractivity contribution in [2.45, 2.75) is 19.8 Å². The van der Waals surface area contributed by atoms with E-state index < -0.39 is 0 Å². The molecule has 0 spiro atoms. The van der Waals surface area contributed by atoms with E-state index in [1.807, 2.05) is 6.07 Å². The molecular formula is C13H21N3O2. The number of aliphatic hydroxyl groups excluding tert-OH is 2. The second-order valence-corrected chi connectivity index (χ2v) is 5.25. The summed E-state index contributed by atoms with van der Waals surface area (Å²) in [5.74, 6) is 1.53. The molecule has 100 valence electrons. The molecule has 1 saturated heterocycles. The number of hydrogen-bond donors (Lipinski definition) is 2. The highest BCUT2D eigenvalue weighted by Crippen LogP contribution is 2.27. The minimum Gasteiger partial charge on any atom is -0.396 e. The number of anilines is 1. The van der Waals surface area contributed by atoms with E-state index in [4.69, 9.17) is 0 Å². The van der Waals surface area contributed by atoms with Gasteiger partial charge in [-0.1, -0.05) is 13.8 Å². The van der Waals surface area contributed by atoms with Crippen molar-refractivity contribution in [3.8, 4) is 0 Å². The molecule has 2 N–H and O–H groups in total. The Balaban J connectivity index is 2.15. The van der Waals surface area contributed by atoms with Crippen molar-refractivity contribution in [1.29, 1.82) is 0 Å². The number of aromatic nitrogens is 2. The molecule has 0 radical (unpaired) electrons. The van der Waals surface area contributed by atoms with Crippen molar-refractivity contribution in [2.24, 2.45) is 11.8 Å². The van der Waals surface area contributed by atoms with Gasteiger partial charge in [0.15, 0.2) is 0 Å². The highest BCUT2D eigenvalue weighted by Gasteiger charge is 2.32. The van der Waals surface area contributed by atoms with Gasteiger partial charge < -0.3 is 15.1 Å². The van der Waals surface area contributed by atoms with Gasteiger partial charge in [-0.05, 0) is 5.92 Å². The summed E-state index contributed by atoms with van der Waals surface area (Å²) >= 11 is 0. The van der Waals surface area contributed by atoms with Crippen LogP contribution >= 0.6 is 0 Å². The van der Waals surface area contributed by atoms with E-state index in [1.165, 1.54) is 0 Å². The van der Waals surface area contributed by atoms with E-state index >= 15 is 0 Å². The Kier molecular flexibility index (Phi) is 4.14. The van der Waals surface area contributed by atoms with Gasteiger partial charge in [-0.25, -0.2) is 9.97 Å². The van der Waals surface area contributed by atoms with E-state index in [0.29, 0.717) is 5.92 Å². The van der Waals surface area contributed by atoms with E-state index in [0.717, 1.165) is 24.6 Å². The van der Waals surface area contributed by atoms with Crippen LogP contribution in [0, 0.1) is 11.8 Å². The van der Waals surface area contributed by atoms with Gasteiger partial charge in [0, 0.05) is 49.9 Å². The van der Waals surface area contributed by atoms with Gasteiger partial charge in [-0.15, -0.1) is 0 Å². The number of nitrogens with zero attached hydrogens (tertiary/aromatic N) is 3. The Labute approximate surface area is 107 Å². The van der Waals surface area contributed by atoms with Crippen LogP contribution < -0.4 is 4.90 Å². The van der Waals surface area contributed by atoms with Gasteiger partial charge in [0.05, 0.1) is 0 Å². The summed E-state index contributed by atoms with van der Waals surface area (Å²) < 4.78 is 0. The van der Waals surface area contributed by atoms with E-state index in [-0.39, 0.29) is 25.0 Å².